The number of nitrogens with one attached hydrogen (secondary N) is 2. The molecule has 2 aromatic carbocycles. The summed E-state index contributed by atoms with van der Waals surface area (Å²) in [6.07, 6.45) is 4.37. The number of hydrogen-bond acceptors (Lipinski definition) is 4. The van der Waals surface area contributed by atoms with Crippen molar-refractivity contribution in [3.63, 3.8) is 0 Å². The highest BCUT2D eigenvalue weighted by atomic mass is 32.1. The van der Waals surface area contributed by atoms with Crippen LogP contribution in [0.15, 0.2) is 66.0 Å². The molecule has 1 saturated heterocycles. The van der Waals surface area contributed by atoms with E-state index in [1.807, 2.05) is 17.4 Å². The number of amides is 1. The van der Waals surface area contributed by atoms with Crippen molar-refractivity contribution in [2.75, 3.05) is 24.5 Å². The molecule has 1 amide bonds. The highest BCUT2D eigenvalue weighted by Crippen LogP contribution is 2.26. The van der Waals surface area contributed by atoms with Crippen molar-refractivity contribution in [2.45, 2.75) is 51.1 Å². The lowest BCUT2D eigenvalue weighted by atomic mass is 10.0. The number of piperidine rings is 1. The van der Waals surface area contributed by atoms with Crippen molar-refractivity contribution in [1.82, 2.24) is 10.6 Å². The van der Waals surface area contributed by atoms with Crippen LogP contribution in [0, 0.1) is 5.82 Å². The van der Waals surface area contributed by atoms with Gasteiger partial charge in [-0.15, -0.1) is 11.3 Å². The molecule has 34 heavy (non-hydrogen) atoms. The summed E-state index contributed by atoms with van der Waals surface area (Å²) in [5.74, 6) is -0.250. The Morgan fingerprint density at radius 2 is 1.88 bits per heavy atom. The number of carbonyl (C=O) groups is 1. The quantitative estimate of drug-likeness (QED) is 0.404. The van der Waals surface area contributed by atoms with Gasteiger partial charge in [-0.25, -0.2) is 4.39 Å². The number of rotatable bonds is 10. The molecule has 4 nitrogen and oxygen atoms in total. The molecule has 1 aliphatic rings. The van der Waals surface area contributed by atoms with Gasteiger partial charge in [0.15, 0.2) is 0 Å². The second-order valence-corrected chi connectivity index (χ2v) is 9.96. The van der Waals surface area contributed by atoms with E-state index < -0.39 is 0 Å². The van der Waals surface area contributed by atoms with E-state index in [1.165, 1.54) is 22.7 Å². The average molecular weight is 480 g/mol. The van der Waals surface area contributed by atoms with Crippen LogP contribution in [0.25, 0.3) is 0 Å². The summed E-state index contributed by atoms with van der Waals surface area (Å²) < 4.78 is 13.3. The lowest BCUT2D eigenvalue weighted by Crippen LogP contribution is -2.43. The predicted octanol–water partition coefficient (Wildman–Crippen LogP) is 5.50. The predicted molar refractivity (Wildman–Crippen MR) is 139 cm³/mol. The van der Waals surface area contributed by atoms with E-state index in [9.17, 15) is 9.18 Å². The Kier molecular flexibility index (Phi) is 8.72. The van der Waals surface area contributed by atoms with Crippen LogP contribution in [-0.4, -0.2) is 31.6 Å². The summed E-state index contributed by atoms with van der Waals surface area (Å²) in [7, 11) is 0. The monoisotopic (exact) mass is 479 g/mol. The minimum atomic E-state index is -0.243. The molecule has 0 unspecified atom stereocenters. The zero-order valence-corrected chi connectivity index (χ0v) is 20.6. The van der Waals surface area contributed by atoms with Crippen molar-refractivity contribution in [3.8, 4) is 0 Å². The van der Waals surface area contributed by atoms with E-state index >= 15 is 0 Å². The minimum absolute atomic E-state index is 0.00717. The van der Waals surface area contributed by atoms with Gasteiger partial charge in [-0.05, 0) is 72.5 Å². The van der Waals surface area contributed by atoms with Gasteiger partial charge in [0.25, 0.3) is 0 Å². The van der Waals surface area contributed by atoms with Gasteiger partial charge in [-0.1, -0.05) is 37.3 Å². The second kappa shape index (κ2) is 12.1. The summed E-state index contributed by atoms with van der Waals surface area (Å²) in [6.45, 7) is 4.84. The molecule has 6 heteroatoms. The van der Waals surface area contributed by atoms with E-state index in [2.05, 4.69) is 64.2 Å². The number of thiophene rings is 1. The number of carbonyl (C=O) groups excluding carboxylic acids is 1. The number of hydrogen-bond donors (Lipinski definition) is 2. The highest BCUT2D eigenvalue weighted by molar-refractivity contribution is 7.10. The maximum atomic E-state index is 13.3. The van der Waals surface area contributed by atoms with Crippen LogP contribution in [0.5, 0.6) is 0 Å². The summed E-state index contributed by atoms with van der Waals surface area (Å²) in [4.78, 5) is 16.2. The molecule has 1 aliphatic heterocycles. The van der Waals surface area contributed by atoms with Gasteiger partial charge in [-0.2, -0.15) is 0 Å². The van der Waals surface area contributed by atoms with Gasteiger partial charge in [0.1, 0.15) is 5.82 Å². The normalized spacial score (nSPS) is 15.3. The minimum Gasteiger partial charge on any atom is -0.371 e. The maximum Gasteiger partial charge on any atom is 0.224 e. The van der Waals surface area contributed by atoms with Crippen LogP contribution >= 0.6 is 11.3 Å². The van der Waals surface area contributed by atoms with E-state index in [4.69, 9.17) is 0 Å². The van der Waals surface area contributed by atoms with Gasteiger partial charge < -0.3 is 15.5 Å². The molecule has 1 aromatic heterocycles. The Balaban J connectivity index is 1.19. The van der Waals surface area contributed by atoms with Crippen LogP contribution in [0.2, 0.25) is 0 Å². The van der Waals surface area contributed by atoms with Gasteiger partial charge in [0.05, 0.1) is 6.42 Å². The summed E-state index contributed by atoms with van der Waals surface area (Å²) >= 11 is 1.84. The van der Waals surface area contributed by atoms with Crippen molar-refractivity contribution >= 4 is 22.9 Å². The van der Waals surface area contributed by atoms with E-state index in [-0.39, 0.29) is 11.7 Å². The van der Waals surface area contributed by atoms with Gasteiger partial charge in [0, 0.05) is 42.3 Å². The first-order valence-electron chi connectivity index (χ1n) is 12.2. The smallest absolute Gasteiger partial charge is 0.224 e. The fraction of sp³-hybridized carbons (Fsp3) is 0.393. The first-order chi connectivity index (χ1) is 16.6. The van der Waals surface area contributed by atoms with Gasteiger partial charge in [-0.3, -0.25) is 4.79 Å². The third kappa shape index (κ3) is 6.90. The Bertz CT molecular complexity index is 1030. The van der Waals surface area contributed by atoms with E-state index in [0.29, 0.717) is 31.5 Å². The molecular formula is C28H34FN3OS. The second-order valence-electron chi connectivity index (χ2n) is 8.98. The highest BCUT2D eigenvalue weighted by Gasteiger charge is 2.22. The molecule has 2 heterocycles. The third-order valence-electron chi connectivity index (χ3n) is 6.52. The maximum absolute atomic E-state index is 13.3. The van der Waals surface area contributed by atoms with E-state index in [1.54, 1.807) is 6.07 Å². The first kappa shape index (κ1) is 24.4. The molecule has 2 N–H and O–H groups in total. The molecule has 180 valence electrons. The standard InChI is InChI=1S/C28H34FN3OS/c1-2-26(27-7-4-18-34-27)31-24-13-16-32(17-14-24)25-10-8-22(9-11-25)20-28(33)30-15-12-21-5-3-6-23(29)19-21/h3-11,18-19,24,26,31H,2,12-17,20H2,1H3,(H,30,33)/t26-/m0/s1. The van der Waals surface area contributed by atoms with Crippen molar-refractivity contribution in [1.29, 1.82) is 0 Å². The van der Waals surface area contributed by atoms with Crippen LogP contribution < -0.4 is 15.5 Å². The van der Waals surface area contributed by atoms with Gasteiger partial charge >= 0.3 is 0 Å². The van der Waals surface area contributed by atoms with Crippen LogP contribution in [0.1, 0.15) is 48.2 Å². The number of nitrogens with zero attached hydrogens (tertiary/aromatic N) is 1. The fourth-order valence-corrected chi connectivity index (χ4v) is 5.46. The van der Waals surface area contributed by atoms with Crippen molar-refractivity contribution < 1.29 is 9.18 Å². The zero-order valence-electron chi connectivity index (χ0n) is 19.8. The lowest BCUT2D eigenvalue weighted by Gasteiger charge is -2.35. The summed E-state index contributed by atoms with van der Waals surface area (Å²) in [5, 5.41) is 8.95. The van der Waals surface area contributed by atoms with Crippen LogP contribution in [-0.2, 0) is 17.6 Å². The Hall–Kier alpha value is -2.70. The fourth-order valence-electron chi connectivity index (χ4n) is 4.59. The SMILES string of the molecule is CC[C@H](NC1CCN(c2ccc(CC(=O)NCCc3cccc(F)c3)cc2)CC1)c1cccs1. The number of anilines is 1. The first-order valence-corrected chi connectivity index (χ1v) is 13.1. The topological polar surface area (TPSA) is 44.4 Å². The molecular weight excluding hydrogens is 445 g/mol. The Labute approximate surface area is 206 Å². The van der Waals surface area contributed by atoms with Crippen LogP contribution in [0.4, 0.5) is 10.1 Å². The molecule has 4 rings (SSSR count). The molecule has 0 aliphatic carbocycles. The molecule has 0 spiro atoms. The lowest BCUT2D eigenvalue weighted by molar-refractivity contribution is -0.120. The molecule has 0 radical (unpaired) electrons. The molecule has 0 saturated carbocycles. The zero-order chi connectivity index (χ0) is 23.8. The molecule has 3 aromatic rings. The summed E-state index contributed by atoms with van der Waals surface area (Å²) in [5.41, 5.74) is 3.12. The molecule has 1 fully saturated rings. The number of halogens is 1. The number of benzene rings is 2. The third-order valence-corrected chi connectivity index (χ3v) is 7.50. The van der Waals surface area contributed by atoms with E-state index in [0.717, 1.165) is 43.5 Å². The van der Waals surface area contributed by atoms with Crippen molar-refractivity contribution in [2.24, 2.45) is 0 Å². The average Bonchev–Trinajstić information content (AvgIpc) is 3.38. The Morgan fingerprint density at radius 1 is 1.09 bits per heavy atom. The molecule has 0 bridgehead atoms. The van der Waals surface area contributed by atoms with Gasteiger partial charge in [0.2, 0.25) is 5.91 Å². The summed E-state index contributed by atoms with van der Waals surface area (Å²) in [6, 6.07) is 20.2. The van der Waals surface area contributed by atoms with Crippen molar-refractivity contribution in [3.05, 3.63) is 87.9 Å². The van der Waals surface area contributed by atoms with Crippen LogP contribution in [0.3, 0.4) is 0 Å². The molecule has 1 atom stereocenters. The Morgan fingerprint density at radius 3 is 2.56 bits per heavy atom. The largest absolute Gasteiger partial charge is 0.371 e.